The molecule has 0 bridgehead atoms. The van der Waals surface area contributed by atoms with Crippen molar-refractivity contribution in [3.8, 4) is 5.69 Å². The van der Waals surface area contributed by atoms with Gasteiger partial charge in [-0.3, -0.25) is 9.59 Å². The molecule has 2 atom stereocenters. The third-order valence-electron chi connectivity index (χ3n) is 4.92. The van der Waals surface area contributed by atoms with Crippen molar-refractivity contribution < 1.29 is 9.53 Å². The second kappa shape index (κ2) is 7.20. The summed E-state index contributed by atoms with van der Waals surface area (Å²) in [4.78, 5) is 27.7. The summed E-state index contributed by atoms with van der Waals surface area (Å²) >= 11 is 0. The summed E-state index contributed by atoms with van der Waals surface area (Å²) in [6.07, 6.45) is 1.59. The Bertz CT molecular complexity index is 1060. The van der Waals surface area contributed by atoms with Crippen molar-refractivity contribution in [3.63, 3.8) is 0 Å². The quantitative estimate of drug-likeness (QED) is 0.687. The number of carbonyl (C=O) groups excluding carboxylic acids is 1. The molecule has 0 spiro atoms. The molecule has 2 aromatic heterocycles. The van der Waals surface area contributed by atoms with E-state index in [1.54, 1.807) is 15.8 Å². The number of nitrogens with zero attached hydrogens (tertiary/aromatic N) is 5. The largest absolute Gasteiger partial charge is 0.372 e. The number of carbonyl (C=O) groups is 1. The Balaban J connectivity index is 1.71. The van der Waals surface area contributed by atoms with Crippen LogP contribution < -0.4 is 5.56 Å². The molecule has 1 amide bonds. The van der Waals surface area contributed by atoms with E-state index in [4.69, 9.17) is 4.74 Å². The fraction of sp³-hybridized carbons (Fsp3) is 0.400. The summed E-state index contributed by atoms with van der Waals surface area (Å²) in [5.41, 5.74) is 1.54. The number of aromatic nitrogens is 4. The van der Waals surface area contributed by atoms with Gasteiger partial charge in [-0.05, 0) is 32.9 Å². The summed E-state index contributed by atoms with van der Waals surface area (Å²) < 4.78 is 8.53. The summed E-state index contributed by atoms with van der Waals surface area (Å²) in [7, 11) is 0. The number of rotatable bonds is 3. The lowest BCUT2D eigenvalue weighted by Gasteiger charge is -2.35. The highest BCUT2D eigenvalue weighted by Crippen LogP contribution is 2.17. The van der Waals surface area contributed by atoms with E-state index in [0.29, 0.717) is 29.7 Å². The van der Waals surface area contributed by atoms with Gasteiger partial charge in [0.05, 0.1) is 29.8 Å². The number of aryl methyl sites for hydroxylation is 1. The van der Waals surface area contributed by atoms with Gasteiger partial charge in [0, 0.05) is 18.5 Å². The van der Waals surface area contributed by atoms with Gasteiger partial charge < -0.3 is 9.64 Å². The predicted molar refractivity (Wildman–Crippen MR) is 104 cm³/mol. The number of benzene rings is 1. The van der Waals surface area contributed by atoms with Gasteiger partial charge in [0.1, 0.15) is 12.1 Å². The van der Waals surface area contributed by atoms with Gasteiger partial charge in [0.2, 0.25) is 5.91 Å². The van der Waals surface area contributed by atoms with Crippen molar-refractivity contribution in [2.24, 2.45) is 0 Å². The van der Waals surface area contributed by atoms with E-state index in [-0.39, 0.29) is 30.2 Å². The summed E-state index contributed by atoms with van der Waals surface area (Å²) in [6, 6.07) is 9.45. The molecule has 1 aliphatic rings. The molecule has 0 N–H and O–H groups in total. The third kappa shape index (κ3) is 3.31. The molecule has 8 heteroatoms. The summed E-state index contributed by atoms with van der Waals surface area (Å²) in [5, 5.41) is 9.41. The zero-order chi connectivity index (χ0) is 19.8. The molecule has 4 rings (SSSR count). The first-order valence-corrected chi connectivity index (χ1v) is 9.38. The molecule has 0 radical (unpaired) electrons. The number of amides is 1. The third-order valence-corrected chi connectivity index (χ3v) is 4.92. The number of morpholine rings is 1. The monoisotopic (exact) mass is 381 g/mol. The molecule has 0 aliphatic carbocycles. The second-order valence-electron chi connectivity index (χ2n) is 7.26. The average Bonchev–Trinajstić information content (AvgIpc) is 3.12. The van der Waals surface area contributed by atoms with Crippen molar-refractivity contribution in [2.75, 3.05) is 13.1 Å². The van der Waals surface area contributed by atoms with Gasteiger partial charge in [-0.1, -0.05) is 18.2 Å². The topological polar surface area (TPSA) is 82.2 Å². The SMILES string of the molecule is Cc1nn(CC(=O)N2CC(C)OC(C)C2)c(=O)c2c1cnn2-c1ccccc1. The minimum atomic E-state index is -0.329. The van der Waals surface area contributed by atoms with Gasteiger partial charge >= 0.3 is 0 Å². The van der Waals surface area contributed by atoms with E-state index in [1.807, 2.05) is 51.1 Å². The van der Waals surface area contributed by atoms with Crippen LogP contribution in [-0.2, 0) is 16.1 Å². The van der Waals surface area contributed by atoms with E-state index in [0.717, 1.165) is 5.69 Å². The summed E-state index contributed by atoms with van der Waals surface area (Å²) in [6.45, 7) is 6.62. The zero-order valence-corrected chi connectivity index (χ0v) is 16.2. The van der Waals surface area contributed by atoms with E-state index in [2.05, 4.69) is 10.2 Å². The normalized spacial score (nSPS) is 19.9. The van der Waals surface area contributed by atoms with Crippen LogP contribution in [0.4, 0.5) is 0 Å². The Morgan fingerprint density at radius 3 is 2.54 bits per heavy atom. The van der Waals surface area contributed by atoms with Crippen LogP contribution in [0.2, 0.25) is 0 Å². The van der Waals surface area contributed by atoms with Crippen LogP contribution in [0.3, 0.4) is 0 Å². The van der Waals surface area contributed by atoms with Crippen molar-refractivity contribution >= 4 is 16.8 Å². The number of para-hydroxylation sites is 1. The first kappa shape index (κ1) is 18.4. The molecule has 2 unspecified atom stereocenters. The maximum absolute atomic E-state index is 13.1. The van der Waals surface area contributed by atoms with Crippen LogP contribution in [0.5, 0.6) is 0 Å². The molecule has 1 aliphatic heterocycles. The molecule has 146 valence electrons. The highest BCUT2D eigenvalue weighted by molar-refractivity contribution is 5.82. The van der Waals surface area contributed by atoms with Gasteiger partial charge in [0.25, 0.3) is 5.56 Å². The number of ether oxygens (including phenoxy) is 1. The molecule has 1 saturated heterocycles. The van der Waals surface area contributed by atoms with Crippen molar-refractivity contribution in [2.45, 2.75) is 39.5 Å². The molecular weight excluding hydrogens is 358 g/mol. The Labute approximate surface area is 162 Å². The molecule has 3 heterocycles. The lowest BCUT2D eigenvalue weighted by atomic mass is 10.2. The van der Waals surface area contributed by atoms with Crippen LogP contribution in [0, 0.1) is 6.92 Å². The lowest BCUT2D eigenvalue weighted by Crippen LogP contribution is -2.49. The molecule has 1 fully saturated rings. The average molecular weight is 381 g/mol. The Morgan fingerprint density at radius 2 is 1.86 bits per heavy atom. The number of hydrogen-bond donors (Lipinski definition) is 0. The van der Waals surface area contributed by atoms with Gasteiger partial charge in [-0.2, -0.15) is 10.2 Å². The standard InChI is InChI=1S/C20H23N5O3/c1-13-10-23(11-14(2)28-13)18(26)12-24-20(27)19-17(15(3)22-24)9-21-25(19)16-7-5-4-6-8-16/h4-9,13-14H,10-12H2,1-3H3. The Morgan fingerprint density at radius 1 is 1.18 bits per heavy atom. The lowest BCUT2D eigenvalue weighted by molar-refractivity contribution is -0.144. The molecular formula is C20H23N5O3. The van der Waals surface area contributed by atoms with Gasteiger partial charge in [-0.25, -0.2) is 9.36 Å². The maximum atomic E-state index is 13.1. The Kier molecular flexibility index (Phi) is 4.72. The van der Waals surface area contributed by atoms with Gasteiger partial charge in [-0.15, -0.1) is 0 Å². The minimum Gasteiger partial charge on any atom is -0.372 e. The van der Waals surface area contributed by atoms with E-state index < -0.39 is 0 Å². The maximum Gasteiger partial charge on any atom is 0.293 e. The highest BCUT2D eigenvalue weighted by atomic mass is 16.5. The van der Waals surface area contributed by atoms with Gasteiger partial charge in [0.15, 0.2) is 0 Å². The van der Waals surface area contributed by atoms with Crippen LogP contribution in [0.1, 0.15) is 19.5 Å². The fourth-order valence-corrected chi connectivity index (χ4v) is 3.70. The van der Waals surface area contributed by atoms with Crippen LogP contribution in [0.25, 0.3) is 16.6 Å². The Hall–Kier alpha value is -3.00. The van der Waals surface area contributed by atoms with E-state index in [9.17, 15) is 9.59 Å². The molecule has 28 heavy (non-hydrogen) atoms. The summed E-state index contributed by atoms with van der Waals surface area (Å²) in [5.74, 6) is -0.138. The fourth-order valence-electron chi connectivity index (χ4n) is 3.70. The van der Waals surface area contributed by atoms with Crippen molar-refractivity contribution in [3.05, 3.63) is 52.6 Å². The number of hydrogen-bond acceptors (Lipinski definition) is 5. The second-order valence-corrected chi connectivity index (χ2v) is 7.26. The van der Waals surface area contributed by atoms with Crippen LogP contribution >= 0.6 is 0 Å². The molecule has 0 saturated carbocycles. The zero-order valence-electron chi connectivity index (χ0n) is 16.2. The highest BCUT2D eigenvalue weighted by Gasteiger charge is 2.27. The van der Waals surface area contributed by atoms with Crippen LogP contribution in [0.15, 0.2) is 41.3 Å². The van der Waals surface area contributed by atoms with E-state index in [1.165, 1.54) is 4.68 Å². The minimum absolute atomic E-state index is 0.0268. The van der Waals surface area contributed by atoms with E-state index >= 15 is 0 Å². The first-order valence-electron chi connectivity index (χ1n) is 9.38. The van der Waals surface area contributed by atoms with Crippen molar-refractivity contribution in [1.82, 2.24) is 24.5 Å². The molecule has 3 aromatic rings. The first-order chi connectivity index (χ1) is 13.4. The molecule has 1 aromatic carbocycles. The smallest absolute Gasteiger partial charge is 0.293 e. The van der Waals surface area contributed by atoms with Crippen molar-refractivity contribution in [1.29, 1.82) is 0 Å². The van der Waals surface area contributed by atoms with Crippen LogP contribution in [-0.4, -0.2) is 55.7 Å². The number of fused-ring (bicyclic) bond motifs is 1. The molecule has 8 nitrogen and oxygen atoms in total. The predicted octanol–water partition coefficient (Wildman–Crippen LogP) is 1.53.